The number of anilines is 2. The molecule has 30 heavy (non-hydrogen) atoms. The van der Waals surface area contributed by atoms with Gasteiger partial charge in [-0.15, -0.1) is 0 Å². The Bertz CT molecular complexity index is 1020. The molecule has 0 bridgehead atoms. The Kier molecular flexibility index (Phi) is 6.48. The van der Waals surface area contributed by atoms with Crippen LogP contribution in [0.15, 0.2) is 59.8 Å². The summed E-state index contributed by atoms with van der Waals surface area (Å²) in [4.78, 5) is 38.7. The summed E-state index contributed by atoms with van der Waals surface area (Å²) >= 11 is 0. The molecule has 0 saturated carbocycles. The van der Waals surface area contributed by atoms with E-state index >= 15 is 0 Å². The third-order valence-corrected chi connectivity index (χ3v) is 4.74. The number of aryl methyl sites for hydroxylation is 1. The van der Waals surface area contributed by atoms with Crippen LogP contribution in [-0.4, -0.2) is 54.6 Å². The Morgan fingerprint density at radius 2 is 1.93 bits per heavy atom. The number of aliphatic hydroxyl groups excluding tert-OH is 1. The van der Waals surface area contributed by atoms with Crippen molar-refractivity contribution in [2.24, 2.45) is 0 Å². The van der Waals surface area contributed by atoms with Gasteiger partial charge in [-0.2, -0.15) is 0 Å². The molecule has 2 aromatic rings. The van der Waals surface area contributed by atoms with Crippen LogP contribution in [0.3, 0.4) is 0 Å². The van der Waals surface area contributed by atoms with Gasteiger partial charge in [-0.3, -0.25) is 9.59 Å². The number of methoxy groups -OCH3 is 1. The van der Waals surface area contributed by atoms with Crippen molar-refractivity contribution in [2.45, 2.75) is 6.92 Å². The predicted molar refractivity (Wildman–Crippen MR) is 112 cm³/mol. The van der Waals surface area contributed by atoms with E-state index < -0.39 is 11.9 Å². The first-order valence-corrected chi connectivity index (χ1v) is 9.40. The van der Waals surface area contributed by atoms with E-state index in [4.69, 9.17) is 9.84 Å². The lowest BCUT2D eigenvalue weighted by Gasteiger charge is -2.15. The maximum atomic E-state index is 12.6. The molecular formula is C22H23N3O5. The molecule has 1 heterocycles. The molecular weight excluding hydrogens is 386 g/mol. The number of amides is 2. The first-order valence-electron chi connectivity index (χ1n) is 9.40. The highest BCUT2D eigenvalue weighted by atomic mass is 16.5. The molecule has 0 spiro atoms. The van der Waals surface area contributed by atoms with Crippen LogP contribution in [0.4, 0.5) is 11.4 Å². The summed E-state index contributed by atoms with van der Waals surface area (Å²) < 4.78 is 4.77. The second kappa shape index (κ2) is 9.23. The van der Waals surface area contributed by atoms with Crippen molar-refractivity contribution in [2.75, 3.05) is 37.4 Å². The third kappa shape index (κ3) is 4.49. The smallest absolute Gasteiger partial charge is 0.337 e. The summed E-state index contributed by atoms with van der Waals surface area (Å²) in [5.41, 5.74) is 2.76. The summed E-state index contributed by atoms with van der Waals surface area (Å²) in [6, 6.07) is 14.1. The van der Waals surface area contributed by atoms with Gasteiger partial charge >= 0.3 is 5.97 Å². The number of nitrogens with one attached hydrogen (secondary N) is 2. The third-order valence-electron chi connectivity index (χ3n) is 4.74. The van der Waals surface area contributed by atoms with E-state index in [1.54, 1.807) is 24.3 Å². The van der Waals surface area contributed by atoms with Gasteiger partial charge in [0.25, 0.3) is 11.8 Å². The van der Waals surface area contributed by atoms with Crippen molar-refractivity contribution in [3.8, 4) is 0 Å². The molecule has 8 heteroatoms. The van der Waals surface area contributed by atoms with Crippen LogP contribution in [-0.2, 0) is 14.3 Å². The predicted octanol–water partition coefficient (Wildman–Crippen LogP) is 1.92. The molecule has 2 aromatic carbocycles. The Labute approximate surface area is 174 Å². The lowest BCUT2D eigenvalue weighted by Crippen LogP contribution is -2.31. The fraction of sp³-hybridized carbons (Fsp3) is 0.227. The van der Waals surface area contributed by atoms with Crippen LogP contribution < -0.4 is 10.6 Å². The monoisotopic (exact) mass is 409 g/mol. The number of hydrogen-bond donors (Lipinski definition) is 3. The summed E-state index contributed by atoms with van der Waals surface area (Å²) in [6.07, 6.45) is 0. The van der Waals surface area contributed by atoms with Gasteiger partial charge in [0.05, 0.1) is 25.8 Å². The van der Waals surface area contributed by atoms with Gasteiger partial charge in [0.1, 0.15) is 5.70 Å². The maximum absolute atomic E-state index is 12.6. The second-order valence-corrected chi connectivity index (χ2v) is 6.77. The van der Waals surface area contributed by atoms with Gasteiger partial charge in [-0.05, 0) is 36.8 Å². The lowest BCUT2D eigenvalue weighted by atomic mass is 10.1. The van der Waals surface area contributed by atoms with Gasteiger partial charge in [0.15, 0.2) is 0 Å². The van der Waals surface area contributed by atoms with Gasteiger partial charge in [0, 0.05) is 23.5 Å². The molecule has 3 N–H and O–H groups in total. The highest BCUT2D eigenvalue weighted by Crippen LogP contribution is 2.23. The normalized spacial score (nSPS) is 13.4. The molecule has 1 aliphatic heterocycles. The van der Waals surface area contributed by atoms with Gasteiger partial charge in [0.2, 0.25) is 0 Å². The van der Waals surface area contributed by atoms with Crippen molar-refractivity contribution in [1.29, 1.82) is 0 Å². The van der Waals surface area contributed by atoms with Crippen LogP contribution in [0, 0.1) is 6.92 Å². The van der Waals surface area contributed by atoms with E-state index in [-0.39, 0.29) is 36.9 Å². The minimum atomic E-state index is -0.625. The lowest BCUT2D eigenvalue weighted by molar-refractivity contribution is -0.136. The molecule has 0 aromatic heterocycles. The number of carbonyl (C=O) groups is 3. The number of hydrogen-bond acceptors (Lipinski definition) is 6. The number of rotatable bonds is 7. The van der Waals surface area contributed by atoms with Crippen molar-refractivity contribution in [3.63, 3.8) is 0 Å². The minimum absolute atomic E-state index is 0.0435. The molecule has 8 nitrogen and oxygen atoms in total. The highest BCUT2D eigenvalue weighted by molar-refractivity contribution is 6.09. The first kappa shape index (κ1) is 21.1. The number of para-hydroxylation sites is 1. The average Bonchev–Trinajstić information content (AvgIpc) is 3.05. The van der Waals surface area contributed by atoms with Gasteiger partial charge < -0.3 is 25.4 Å². The van der Waals surface area contributed by atoms with E-state index in [2.05, 4.69) is 10.6 Å². The standard InChI is InChI=1S/C22H23N3O5/c1-14-6-3-4-9-18(14)24-20(27)15-7-5-8-16(12-15)23-19-17(22(29)30-2)13-25(10-11-26)21(19)28/h3-9,12,23,26H,10-11,13H2,1-2H3,(H,24,27). The minimum Gasteiger partial charge on any atom is -0.466 e. The Balaban J connectivity index is 1.83. The highest BCUT2D eigenvalue weighted by Gasteiger charge is 2.34. The molecule has 156 valence electrons. The fourth-order valence-electron chi connectivity index (χ4n) is 3.14. The molecule has 0 radical (unpaired) electrons. The molecule has 2 amide bonds. The Morgan fingerprint density at radius 3 is 2.63 bits per heavy atom. The molecule has 1 aliphatic rings. The van der Waals surface area contributed by atoms with Crippen LogP contribution in [0.2, 0.25) is 0 Å². The van der Waals surface area contributed by atoms with E-state index in [0.29, 0.717) is 16.9 Å². The van der Waals surface area contributed by atoms with Crippen LogP contribution >= 0.6 is 0 Å². The zero-order valence-corrected chi connectivity index (χ0v) is 16.8. The maximum Gasteiger partial charge on any atom is 0.337 e. The van der Waals surface area contributed by atoms with Crippen molar-refractivity contribution in [3.05, 3.63) is 70.9 Å². The largest absolute Gasteiger partial charge is 0.466 e. The fourth-order valence-corrected chi connectivity index (χ4v) is 3.14. The number of benzene rings is 2. The van der Waals surface area contributed by atoms with Crippen LogP contribution in [0.25, 0.3) is 0 Å². The number of carbonyl (C=O) groups excluding carboxylic acids is 3. The van der Waals surface area contributed by atoms with Crippen molar-refractivity contribution in [1.82, 2.24) is 4.90 Å². The molecule has 0 fully saturated rings. The quantitative estimate of drug-likeness (QED) is 0.603. The molecule has 0 saturated heterocycles. The average molecular weight is 409 g/mol. The summed E-state index contributed by atoms with van der Waals surface area (Å²) in [7, 11) is 1.24. The van der Waals surface area contributed by atoms with Crippen molar-refractivity contribution >= 4 is 29.2 Å². The Morgan fingerprint density at radius 1 is 1.17 bits per heavy atom. The number of nitrogens with zero attached hydrogens (tertiary/aromatic N) is 1. The van der Waals surface area contributed by atoms with E-state index in [1.165, 1.54) is 12.0 Å². The van der Waals surface area contributed by atoms with Gasteiger partial charge in [-0.1, -0.05) is 24.3 Å². The molecule has 0 unspecified atom stereocenters. The SMILES string of the molecule is COC(=O)C1=C(Nc2cccc(C(=O)Nc3ccccc3C)c2)C(=O)N(CCO)C1. The summed E-state index contributed by atoms with van der Waals surface area (Å²) in [5, 5.41) is 14.9. The topological polar surface area (TPSA) is 108 Å². The second-order valence-electron chi connectivity index (χ2n) is 6.77. The van der Waals surface area contributed by atoms with Crippen LogP contribution in [0.5, 0.6) is 0 Å². The first-order chi connectivity index (χ1) is 14.4. The van der Waals surface area contributed by atoms with Gasteiger partial charge in [-0.25, -0.2) is 4.79 Å². The zero-order chi connectivity index (χ0) is 21.7. The summed E-state index contributed by atoms with van der Waals surface area (Å²) in [6.45, 7) is 1.82. The molecule has 0 aliphatic carbocycles. The van der Waals surface area contributed by atoms with Crippen molar-refractivity contribution < 1.29 is 24.2 Å². The Hall–Kier alpha value is -3.65. The number of ether oxygens (including phenoxy) is 1. The number of β-amino-alcohol motifs (C(OH)–C–C–N with tert-alkyl or cyclic N) is 1. The number of aliphatic hydroxyl groups is 1. The summed E-state index contributed by atoms with van der Waals surface area (Å²) in [5.74, 6) is -1.34. The van der Waals surface area contributed by atoms with E-state index in [1.807, 2.05) is 31.2 Å². The number of esters is 1. The molecule has 0 atom stereocenters. The van der Waals surface area contributed by atoms with E-state index in [9.17, 15) is 14.4 Å². The van der Waals surface area contributed by atoms with E-state index in [0.717, 1.165) is 5.56 Å². The zero-order valence-electron chi connectivity index (χ0n) is 16.8. The van der Waals surface area contributed by atoms with Crippen LogP contribution in [0.1, 0.15) is 15.9 Å². The molecule has 3 rings (SSSR count).